The highest BCUT2D eigenvalue weighted by molar-refractivity contribution is 5.85. The van der Waals surface area contributed by atoms with Crippen molar-refractivity contribution in [2.24, 2.45) is 0 Å². The van der Waals surface area contributed by atoms with E-state index in [9.17, 15) is 9.59 Å². The Balaban J connectivity index is 2.10. The van der Waals surface area contributed by atoms with Crippen molar-refractivity contribution in [3.63, 3.8) is 0 Å². The van der Waals surface area contributed by atoms with Gasteiger partial charge in [-0.2, -0.15) is 5.48 Å². The molecule has 0 saturated heterocycles. The van der Waals surface area contributed by atoms with Crippen LogP contribution in [0.3, 0.4) is 0 Å². The van der Waals surface area contributed by atoms with Crippen LogP contribution < -0.4 is 10.8 Å². The molecule has 0 unspecified atom stereocenters. The third kappa shape index (κ3) is 7.41. The first-order valence-corrected chi connectivity index (χ1v) is 7.04. The van der Waals surface area contributed by atoms with E-state index in [-0.39, 0.29) is 5.91 Å². The van der Waals surface area contributed by atoms with Crippen LogP contribution in [0.15, 0.2) is 30.3 Å². The van der Waals surface area contributed by atoms with Gasteiger partial charge in [0.15, 0.2) is 0 Å². The molecule has 110 valence electrons. The highest BCUT2D eigenvalue weighted by Gasteiger charge is 2.06. The molecule has 1 rings (SSSR count). The van der Waals surface area contributed by atoms with E-state index in [1.54, 1.807) is 24.3 Å². The number of rotatable bonds is 7. The number of carbonyl (C=O) groups is 2. The van der Waals surface area contributed by atoms with Crippen molar-refractivity contribution < 1.29 is 14.4 Å². The van der Waals surface area contributed by atoms with Crippen molar-refractivity contribution in [1.29, 1.82) is 0 Å². The van der Waals surface area contributed by atoms with Crippen molar-refractivity contribution in [3.05, 3.63) is 30.3 Å². The van der Waals surface area contributed by atoms with Crippen LogP contribution in [0.1, 0.15) is 45.4 Å². The summed E-state index contributed by atoms with van der Waals surface area (Å²) in [4.78, 5) is 27.4. The maximum atomic E-state index is 11.4. The zero-order valence-electron chi connectivity index (χ0n) is 11.9. The number of nitrogens with one attached hydrogen (secondary N) is 2. The second-order valence-corrected chi connectivity index (χ2v) is 4.57. The fraction of sp³-hybridized carbons (Fsp3) is 0.467. The highest BCUT2D eigenvalue weighted by Crippen LogP contribution is 2.06. The lowest BCUT2D eigenvalue weighted by Crippen LogP contribution is -2.29. The van der Waals surface area contributed by atoms with E-state index in [2.05, 4.69) is 22.6 Å². The molecule has 0 saturated carbocycles. The van der Waals surface area contributed by atoms with Crippen LogP contribution in [0.25, 0.3) is 0 Å². The molecule has 2 amide bonds. The Bertz CT molecular complexity index is 407. The third-order valence-corrected chi connectivity index (χ3v) is 2.79. The number of unbranched alkanes of at least 4 members (excludes halogenated alkanes) is 4. The first kappa shape index (κ1) is 16.0. The Labute approximate surface area is 119 Å². The Morgan fingerprint density at radius 3 is 2.45 bits per heavy atom. The normalized spacial score (nSPS) is 9.85. The average molecular weight is 278 g/mol. The first-order valence-electron chi connectivity index (χ1n) is 7.04. The maximum absolute atomic E-state index is 11.4. The van der Waals surface area contributed by atoms with Crippen LogP contribution >= 0.6 is 0 Å². The molecule has 0 aliphatic heterocycles. The summed E-state index contributed by atoms with van der Waals surface area (Å²) in [5.74, 6) is -0.273. The molecular weight excluding hydrogens is 256 g/mol. The van der Waals surface area contributed by atoms with E-state index in [0.29, 0.717) is 12.1 Å². The zero-order chi connectivity index (χ0) is 14.6. The van der Waals surface area contributed by atoms with Gasteiger partial charge < -0.3 is 4.84 Å². The number of carbonyl (C=O) groups excluding carboxylic acids is 2. The van der Waals surface area contributed by atoms with Crippen LogP contribution in [0.5, 0.6) is 0 Å². The molecule has 0 fully saturated rings. The zero-order valence-corrected chi connectivity index (χ0v) is 11.9. The van der Waals surface area contributed by atoms with Gasteiger partial charge in [0.2, 0.25) is 0 Å². The number of benzene rings is 1. The molecule has 0 aliphatic carbocycles. The van der Waals surface area contributed by atoms with Crippen LogP contribution in [0.4, 0.5) is 10.5 Å². The van der Waals surface area contributed by atoms with Crippen LogP contribution in [0, 0.1) is 0 Å². The lowest BCUT2D eigenvalue weighted by Gasteiger charge is -2.07. The Morgan fingerprint density at radius 2 is 1.75 bits per heavy atom. The Kier molecular flexibility index (Phi) is 7.87. The number of hydrogen-bond donors (Lipinski definition) is 2. The number of amides is 2. The standard InChI is InChI=1S/C15H22N2O3/c1-2-3-4-5-9-12-14(18)17-20-15(19)16-13-10-7-6-8-11-13/h6-8,10-11H,2-5,9,12H2,1H3,(H,16,19)(H,17,18). The smallest absolute Gasteiger partial charge is 0.321 e. The molecule has 1 aromatic carbocycles. The summed E-state index contributed by atoms with van der Waals surface area (Å²) in [7, 11) is 0. The summed E-state index contributed by atoms with van der Waals surface area (Å²) in [5.41, 5.74) is 2.76. The predicted molar refractivity (Wildman–Crippen MR) is 78.1 cm³/mol. The molecule has 0 spiro atoms. The second kappa shape index (κ2) is 9.83. The van der Waals surface area contributed by atoms with E-state index in [0.717, 1.165) is 19.3 Å². The summed E-state index contributed by atoms with van der Waals surface area (Å²) in [6.45, 7) is 2.14. The minimum absolute atomic E-state index is 0.273. The van der Waals surface area contributed by atoms with Crippen LogP contribution in [0.2, 0.25) is 0 Å². The molecule has 0 radical (unpaired) electrons. The van der Waals surface area contributed by atoms with E-state index >= 15 is 0 Å². The number of hydrogen-bond acceptors (Lipinski definition) is 3. The SMILES string of the molecule is CCCCCCCC(=O)NOC(=O)Nc1ccccc1. The van der Waals surface area contributed by atoms with Crippen molar-refractivity contribution in [3.8, 4) is 0 Å². The molecule has 20 heavy (non-hydrogen) atoms. The van der Waals surface area contributed by atoms with Gasteiger partial charge in [0.1, 0.15) is 0 Å². The van der Waals surface area contributed by atoms with E-state index in [1.807, 2.05) is 6.07 Å². The largest absolute Gasteiger partial charge is 0.436 e. The summed E-state index contributed by atoms with van der Waals surface area (Å²) in [6.07, 6.45) is 5.02. The van der Waals surface area contributed by atoms with Gasteiger partial charge in [0.25, 0.3) is 5.91 Å². The van der Waals surface area contributed by atoms with Gasteiger partial charge in [0, 0.05) is 12.1 Å². The lowest BCUT2D eigenvalue weighted by atomic mass is 10.1. The number of para-hydroxylation sites is 1. The van der Waals surface area contributed by atoms with Gasteiger partial charge in [-0.1, -0.05) is 50.8 Å². The van der Waals surface area contributed by atoms with Gasteiger partial charge in [-0.15, -0.1) is 0 Å². The monoisotopic (exact) mass is 278 g/mol. The minimum atomic E-state index is -0.699. The van der Waals surface area contributed by atoms with E-state index < -0.39 is 6.09 Å². The van der Waals surface area contributed by atoms with E-state index in [1.165, 1.54) is 12.8 Å². The molecule has 0 aliphatic rings. The first-order chi connectivity index (χ1) is 9.72. The van der Waals surface area contributed by atoms with Gasteiger partial charge in [0.05, 0.1) is 0 Å². The van der Waals surface area contributed by atoms with Gasteiger partial charge >= 0.3 is 6.09 Å². The molecule has 1 aromatic rings. The molecule has 0 heterocycles. The lowest BCUT2D eigenvalue weighted by molar-refractivity contribution is -0.129. The number of hydroxylamine groups is 1. The molecule has 5 nitrogen and oxygen atoms in total. The number of anilines is 1. The minimum Gasteiger partial charge on any atom is -0.321 e. The summed E-state index contributed by atoms with van der Waals surface area (Å²) >= 11 is 0. The average Bonchev–Trinajstić information content (AvgIpc) is 2.46. The summed E-state index contributed by atoms with van der Waals surface area (Å²) in [6, 6.07) is 8.90. The van der Waals surface area contributed by atoms with Crippen LogP contribution in [-0.4, -0.2) is 12.0 Å². The van der Waals surface area contributed by atoms with Crippen LogP contribution in [-0.2, 0) is 9.63 Å². The van der Waals surface area contributed by atoms with Crippen molar-refractivity contribution >= 4 is 17.7 Å². The predicted octanol–water partition coefficient (Wildman–Crippen LogP) is 3.63. The molecule has 0 atom stereocenters. The van der Waals surface area contributed by atoms with Gasteiger partial charge in [-0.25, -0.2) is 4.79 Å². The third-order valence-electron chi connectivity index (χ3n) is 2.79. The highest BCUT2D eigenvalue weighted by atomic mass is 16.7. The second-order valence-electron chi connectivity index (χ2n) is 4.57. The molecule has 0 bridgehead atoms. The Morgan fingerprint density at radius 1 is 1.05 bits per heavy atom. The van der Waals surface area contributed by atoms with Crippen molar-refractivity contribution in [2.45, 2.75) is 45.4 Å². The topological polar surface area (TPSA) is 67.4 Å². The molecule has 5 heteroatoms. The fourth-order valence-electron chi connectivity index (χ4n) is 1.71. The Hall–Kier alpha value is -2.04. The summed E-state index contributed by atoms with van der Waals surface area (Å²) < 4.78 is 0. The van der Waals surface area contributed by atoms with Gasteiger partial charge in [-0.05, 0) is 18.6 Å². The molecule has 0 aromatic heterocycles. The summed E-state index contributed by atoms with van der Waals surface area (Å²) in [5, 5.41) is 2.51. The van der Waals surface area contributed by atoms with E-state index in [4.69, 9.17) is 0 Å². The fourth-order valence-corrected chi connectivity index (χ4v) is 1.71. The van der Waals surface area contributed by atoms with Crippen molar-refractivity contribution in [1.82, 2.24) is 5.48 Å². The quantitative estimate of drug-likeness (QED) is 0.591. The molecular formula is C15H22N2O3. The van der Waals surface area contributed by atoms with Gasteiger partial charge in [-0.3, -0.25) is 10.1 Å². The molecule has 2 N–H and O–H groups in total. The van der Waals surface area contributed by atoms with Crippen molar-refractivity contribution in [2.75, 3.05) is 5.32 Å². The maximum Gasteiger partial charge on any atom is 0.436 e.